The number of nitrogens with one attached hydrogen (secondary N) is 1. The zero-order chi connectivity index (χ0) is 26.6. The number of amides is 2. The Morgan fingerprint density at radius 3 is 2.33 bits per heavy atom. The minimum Gasteiger partial charge on any atom is -0.329 e. The van der Waals surface area contributed by atoms with Gasteiger partial charge in [0.25, 0.3) is 11.6 Å². The minimum absolute atomic E-state index is 0.0981. The van der Waals surface area contributed by atoms with Gasteiger partial charge in [0.1, 0.15) is 12.4 Å². The van der Waals surface area contributed by atoms with E-state index in [0.717, 1.165) is 5.69 Å². The first-order valence-corrected chi connectivity index (χ1v) is 11.9. The number of nitrogens with zero attached hydrogens (tertiary/aromatic N) is 4. The Morgan fingerprint density at radius 2 is 1.78 bits per heavy atom. The highest BCUT2D eigenvalue weighted by molar-refractivity contribution is 6.32. The standard InChI is InChI=1S/C26H30ClN5O4/c1-17(2)15-30(25(34)18-10-12-19(13-11-18)32(35)36)16-24(33)28-23-14-22(26(3,4)5)29-31(23)21-9-7-6-8-20(21)27/h6-14,17H,15-16H2,1-5H3,(H,28,33). The number of hydrogen-bond acceptors (Lipinski definition) is 5. The lowest BCUT2D eigenvalue weighted by atomic mass is 9.92. The zero-order valence-corrected chi connectivity index (χ0v) is 21.7. The van der Waals surface area contributed by atoms with Crippen LogP contribution in [0.4, 0.5) is 11.5 Å². The highest BCUT2D eigenvalue weighted by atomic mass is 35.5. The third kappa shape index (κ3) is 6.48. The van der Waals surface area contributed by atoms with E-state index in [0.29, 0.717) is 23.1 Å². The predicted molar refractivity (Wildman–Crippen MR) is 140 cm³/mol. The lowest BCUT2D eigenvalue weighted by molar-refractivity contribution is -0.384. The summed E-state index contributed by atoms with van der Waals surface area (Å²) in [5, 5.41) is 19.0. The van der Waals surface area contributed by atoms with E-state index < -0.39 is 10.8 Å². The van der Waals surface area contributed by atoms with Crippen LogP contribution in [0.5, 0.6) is 0 Å². The van der Waals surface area contributed by atoms with E-state index in [-0.39, 0.29) is 35.0 Å². The molecule has 36 heavy (non-hydrogen) atoms. The molecule has 0 aliphatic heterocycles. The molecule has 0 spiro atoms. The predicted octanol–water partition coefficient (Wildman–Crippen LogP) is 5.47. The average Bonchev–Trinajstić information content (AvgIpc) is 3.22. The number of benzene rings is 2. The fourth-order valence-electron chi connectivity index (χ4n) is 3.57. The number of hydrogen-bond donors (Lipinski definition) is 1. The second-order valence-corrected chi connectivity index (χ2v) is 10.4. The molecule has 0 aliphatic carbocycles. The first kappa shape index (κ1) is 26.9. The molecule has 0 saturated carbocycles. The summed E-state index contributed by atoms with van der Waals surface area (Å²) in [5.41, 5.74) is 1.26. The number of rotatable bonds is 8. The molecule has 0 atom stereocenters. The quantitative estimate of drug-likeness (QED) is 0.318. The summed E-state index contributed by atoms with van der Waals surface area (Å²) in [6.45, 7) is 10.1. The number of non-ortho nitro benzene ring substituents is 1. The molecule has 9 nitrogen and oxygen atoms in total. The molecule has 0 fully saturated rings. The second kappa shape index (κ2) is 10.9. The summed E-state index contributed by atoms with van der Waals surface area (Å²) in [7, 11) is 0. The molecule has 3 rings (SSSR count). The van der Waals surface area contributed by atoms with Gasteiger partial charge in [0.15, 0.2) is 0 Å². The van der Waals surface area contributed by atoms with Gasteiger partial charge in [-0.25, -0.2) is 4.68 Å². The van der Waals surface area contributed by atoms with Crippen LogP contribution in [0.15, 0.2) is 54.6 Å². The SMILES string of the molecule is CC(C)CN(CC(=O)Nc1cc(C(C)(C)C)nn1-c1ccccc1Cl)C(=O)c1ccc([N+](=O)[O-])cc1. The highest BCUT2D eigenvalue weighted by Crippen LogP contribution is 2.29. The van der Waals surface area contributed by atoms with Crippen molar-refractivity contribution < 1.29 is 14.5 Å². The van der Waals surface area contributed by atoms with Crippen LogP contribution in [-0.4, -0.2) is 44.5 Å². The summed E-state index contributed by atoms with van der Waals surface area (Å²) >= 11 is 6.40. The molecule has 1 aromatic heterocycles. The molecule has 2 amide bonds. The van der Waals surface area contributed by atoms with Crippen molar-refractivity contribution in [2.45, 2.75) is 40.0 Å². The fourth-order valence-corrected chi connectivity index (χ4v) is 3.78. The molecular formula is C26H30ClN5O4. The topological polar surface area (TPSA) is 110 Å². The monoisotopic (exact) mass is 511 g/mol. The Kier molecular flexibility index (Phi) is 8.14. The average molecular weight is 512 g/mol. The molecule has 0 bridgehead atoms. The van der Waals surface area contributed by atoms with Crippen LogP contribution in [0.3, 0.4) is 0 Å². The Bertz CT molecular complexity index is 1260. The lowest BCUT2D eigenvalue weighted by Crippen LogP contribution is -2.40. The maximum absolute atomic E-state index is 13.2. The van der Waals surface area contributed by atoms with Gasteiger partial charge < -0.3 is 10.2 Å². The third-order valence-corrected chi connectivity index (χ3v) is 5.68. The molecule has 10 heteroatoms. The third-order valence-electron chi connectivity index (χ3n) is 5.36. The smallest absolute Gasteiger partial charge is 0.269 e. The van der Waals surface area contributed by atoms with Crippen molar-refractivity contribution in [3.05, 3.63) is 81.0 Å². The number of nitro benzene ring substituents is 1. The van der Waals surface area contributed by atoms with E-state index in [9.17, 15) is 19.7 Å². The number of para-hydroxylation sites is 1. The Morgan fingerprint density at radius 1 is 1.14 bits per heavy atom. The van der Waals surface area contributed by atoms with Crippen molar-refractivity contribution in [3.63, 3.8) is 0 Å². The van der Waals surface area contributed by atoms with Crippen molar-refractivity contribution in [1.82, 2.24) is 14.7 Å². The molecule has 1 N–H and O–H groups in total. The number of nitro groups is 1. The second-order valence-electron chi connectivity index (χ2n) is 9.96. The van der Waals surface area contributed by atoms with Crippen molar-refractivity contribution in [1.29, 1.82) is 0 Å². The molecule has 3 aromatic rings. The van der Waals surface area contributed by atoms with E-state index in [1.54, 1.807) is 22.9 Å². The summed E-state index contributed by atoms with van der Waals surface area (Å²) in [4.78, 5) is 38.1. The normalized spacial score (nSPS) is 11.4. The molecule has 0 aliphatic rings. The van der Waals surface area contributed by atoms with Gasteiger partial charge in [0, 0.05) is 35.7 Å². The first-order valence-electron chi connectivity index (χ1n) is 11.6. The van der Waals surface area contributed by atoms with Crippen LogP contribution in [-0.2, 0) is 10.2 Å². The Labute approximate surface area is 215 Å². The molecule has 190 valence electrons. The number of halogens is 1. The van der Waals surface area contributed by atoms with Crippen LogP contribution in [0.1, 0.15) is 50.7 Å². The van der Waals surface area contributed by atoms with E-state index in [1.807, 2.05) is 46.8 Å². The van der Waals surface area contributed by atoms with E-state index in [4.69, 9.17) is 11.6 Å². The molecular weight excluding hydrogens is 482 g/mol. The van der Waals surface area contributed by atoms with E-state index >= 15 is 0 Å². The van der Waals surface area contributed by atoms with Crippen molar-refractivity contribution in [3.8, 4) is 5.69 Å². The molecule has 0 unspecified atom stereocenters. The minimum atomic E-state index is -0.526. The van der Waals surface area contributed by atoms with Gasteiger partial charge in [0.05, 0.1) is 21.3 Å². The summed E-state index contributed by atoms with van der Waals surface area (Å²) < 4.78 is 1.59. The van der Waals surface area contributed by atoms with Crippen molar-refractivity contribution in [2.24, 2.45) is 5.92 Å². The van der Waals surface area contributed by atoms with Gasteiger partial charge >= 0.3 is 0 Å². The van der Waals surface area contributed by atoms with Gasteiger partial charge in [-0.05, 0) is 30.2 Å². The first-order chi connectivity index (χ1) is 16.9. The van der Waals surface area contributed by atoms with Gasteiger partial charge in [-0.2, -0.15) is 5.10 Å². The maximum Gasteiger partial charge on any atom is 0.269 e. The van der Waals surface area contributed by atoms with Gasteiger partial charge in [-0.1, -0.05) is 58.4 Å². The molecule has 0 saturated heterocycles. The number of carbonyl (C=O) groups excluding carboxylic acids is 2. The van der Waals surface area contributed by atoms with Crippen LogP contribution in [0.2, 0.25) is 5.02 Å². The molecule has 0 radical (unpaired) electrons. The van der Waals surface area contributed by atoms with Crippen molar-refractivity contribution >= 4 is 34.9 Å². The molecule has 1 heterocycles. The zero-order valence-electron chi connectivity index (χ0n) is 21.0. The van der Waals surface area contributed by atoms with E-state index in [1.165, 1.54) is 29.2 Å². The maximum atomic E-state index is 13.2. The number of aromatic nitrogens is 2. The summed E-state index contributed by atoms with van der Waals surface area (Å²) in [5.74, 6) is -0.255. The van der Waals surface area contributed by atoms with Gasteiger partial charge in [0.2, 0.25) is 5.91 Å². The highest BCUT2D eigenvalue weighted by Gasteiger charge is 2.25. The number of carbonyl (C=O) groups is 2. The van der Waals surface area contributed by atoms with Gasteiger partial charge in [-0.15, -0.1) is 0 Å². The van der Waals surface area contributed by atoms with Gasteiger partial charge in [-0.3, -0.25) is 19.7 Å². The summed E-state index contributed by atoms with van der Waals surface area (Å²) in [6, 6.07) is 14.3. The lowest BCUT2D eigenvalue weighted by Gasteiger charge is -2.24. The largest absolute Gasteiger partial charge is 0.329 e. The molecule has 2 aromatic carbocycles. The van der Waals surface area contributed by atoms with Crippen LogP contribution in [0.25, 0.3) is 5.69 Å². The number of anilines is 1. The van der Waals surface area contributed by atoms with Crippen LogP contribution >= 0.6 is 11.6 Å². The van der Waals surface area contributed by atoms with E-state index in [2.05, 4.69) is 10.4 Å². The summed E-state index contributed by atoms with van der Waals surface area (Å²) in [6.07, 6.45) is 0. The Balaban J connectivity index is 1.87. The van der Waals surface area contributed by atoms with Crippen molar-refractivity contribution in [2.75, 3.05) is 18.4 Å². The van der Waals surface area contributed by atoms with Crippen LogP contribution < -0.4 is 5.32 Å². The fraction of sp³-hybridized carbons (Fsp3) is 0.346. The van der Waals surface area contributed by atoms with Crippen LogP contribution in [0, 0.1) is 16.0 Å². The Hall–Kier alpha value is -3.72.